The summed E-state index contributed by atoms with van der Waals surface area (Å²) in [6.45, 7) is 0. The molecule has 0 amide bonds. The number of nitrogens with zero attached hydrogens (tertiary/aromatic N) is 1. The molecule has 6 rings (SSSR count). The zero-order valence-corrected chi connectivity index (χ0v) is 16.6. The van der Waals surface area contributed by atoms with E-state index in [2.05, 4.69) is 118 Å². The van der Waals surface area contributed by atoms with Crippen LogP contribution in [0.15, 0.2) is 102 Å². The Morgan fingerprint density at radius 3 is 1.86 bits per heavy atom. The van der Waals surface area contributed by atoms with Gasteiger partial charge in [0.15, 0.2) is 0 Å². The molecule has 1 nitrogen and oxygen atoms in total. The van der Waals surface area contributed by atoms with Crippen molar-refractivity contribution in [3.8, 4) is 16.8 Å². The number of hydrogen-bond acceptors (Lipinski definition) is 0. The molecule has 0 saturated carbocycles. The molecule has 132 valence electrons. The summed E-state index contributed by atoms with van der Waals surface area (Å²) in [4.78, 5) is 0. The molecule has 0 N–H and O–H groups in total. The fraction of sp³-hybridized carbons (Fsp3) is 0. The van der Waals surface area contributed by atoms with Gasteiger partial charge in [0.25, 0.3) is 0 Å². The lowest BCUT2D eigenvalue weighted by molar-refractivity contribution is 1.18. The fourth-order valence-corrected chi connectivity index (χ4v) is 4.85. The van der Waals surface area contributed by atoms with E-state index in [0.29, 0.717) is 0 Å². The van der Waals surface area contributed by atoms with Gasteiger partial charge in [0, 0.05) is 20.9 Å². The number of halogens is 1. The van der Waals surface area contributed by atoms with Crippen LogP contribution in [0.5, 0.6) is 0 Å². The van der Waals surface area contributed by atoms with Crippen molar-refractivity contribution in [1.82, 2.24) is 4.57 Å². The third kappa shape index (κ3) is 2.25. The summed E-state index contributed by atoms with van der Waals surface area (Å²) >= 11 is 3.71. The van der Waals surface area contributed by atoms with Gasteiger partial charge in [-0.15, -0.1) is 0 Å². The summed E-state index contributed by atoms with van der Waals surface area (Å²) in [7, 11) is 0. The van der Waals surface area contributed by atoms with Gasteiger partial charge in [0.05, 0.1) is 11.0 Å². The quantitative estimate of drug-likeness (QED) is 0.251. The third-order valence-corrected chi connectivity index (χ3v) is 6.01. The highest BCUT2D eigenvalue weighted by Crippen LogP contribution is 2.42. The first-order valence-electron chi connectivity index (χ1n) is 9.40. The summed E-state index contributed by atoms with van der Waals surface area (Å²) in [5.41, 5.74) is 6.16. The zero-order chi connectivity index (χ0) is 18.7. The first-order valence-corrected chi connectivity index (χ1v) is 10.2. The van der Waals surface area contributed by atoms with Crippen LogP contribution in [0.4, 0.5) is 0 Å². The molecule has 0 unspecified atom stereocenters. The Kier molecular flexibility index (Phi) is 3.38. The standard InChI is InChI=1S/C26H16BrN/c27-21-14-19-12-11-18-13-20(17-7-3-1-4-8-17)15-23-25(18)26(19)24(16-21)28(23)22-9-5-2-6-10-22/h1-16H. The molecule has 5 aromatic carbocycles. The van der Waals surface area contributed by atoms with Gasteiger partial charge < -0.3 is 4.57 Å². The molecule has 0 aliphatic carbocycles. The summed E-state index contributed by atoms with van der Waals surface area (Å²) in [5, 5.41) is 5.22. The predicted molar refractivity (Wildman–Crippen MR) is 123 cm³/mol. The van der Waals surface area contributed by atoms with E-state index in [1.165, 1.54) is 49.4 Å². The maximum Gasteiger partial charge on any atom is 0.0558 e. The second-order valence-electron chi connectivity index (χ2n) is 7.22. The van der Waals surface area contributed by atoms with E-state index in [9.17, 15) is 0 Å². The van der Waals surface area contributed by atoms with E-state index in [-0.39, 0.29) is 0 Å². The Hall–Kier alpha value is -3.10. The van der Waals surface area contributed by atoms with Gasteiger partial charge in [-0.3, -0.25) is 0 Å². The summed E-state index contributed by atoms with van der Waals surface area (Å²) in [6, 6.07) is 34.8. The van der Waals surface area contributed by atoms with E-state index in [1.54, 1.807) is 0 Å². The molecule has 0 aliphatic heterocycles. The Bertz CT molecular complexity index is 1450. The van der Waals surface area contributed by atoms with Gasteiger partial charge in [-0.2, -0.15) is 0 Å². The zero-order valence-electron chi connectivity index (χ0n) is 15.1. The SMILES string of the molecule is Brc1cc2ccc3cc(-c4ccccc4)cc4c3c2c(c1)n4-c1ccccc1. The van der Waals surface area contributed by atoms with Crippen molar-refractivity contribution in [2.75, 3.05) is 0 Å². The van der Waals surface area contributed by atoms with Crippen LogP contribution >= 0.6 is 15.9 Å². The van der Waals surface area contributed by atoms with E-state index in [4.69, 9.17) is 0 Å². The number of rotatable bonds is 2. The van der Waals surface area contributed by atoms with Gasteiger partial charge >= 0.3 is 0 Å². The molecular formula is C26H16BrN. The highest BCUT2D eigenvalue weighted by Gasteiger charge is 2.18. The van der Waals surface area contributed by atoms with E-state index < -0.39 is 0 Å². The van der Waals surface area contributed by atoms with Gasteiger partial charge in [0.1, 0.15) is 0 Å². The molecule has 28 heavy (non-hydrogen) atoms. The van der Waals surface area contributed by atoms with Crippen LogP contribution in [0.2, 0.25) is 0 Å². The predicted octanol–water partition coefficient (Wildman–Crippen LogP) is 7.80. The van der Waals surface area contributed by atoms with Crippen molar-refractivity contribution in [2.24, 2.45) is 0 Å². The van der Waals surface area contributed by atoms with Crippen LogP contribution in [0.25, 0.3) is 49.4 Å². The normalized spacial score (nSPS) is 11.8. The van der Waals surface area contributed by atoms with Crippen molar-refractivity contribution < 1.29 is 0 Å². The van der Waals surface area contributed by atoms with E-state index >= 15 is 0 Å². The summed E-state index contributed by atoms with van der Waals surface area (Å²) < 4.78 is 3.49. The monoisotopic (exact) mass is 421 g/mol. The smallest absolute Gasteiger partial charge is 0.0558 e. The maximum absolute atomic E-state index is 3.71. The minimum Gasteiger partial charge on any atom is -0.309 e. The molecule has 0 fully saturated rings. The lowest BCUT2D eigenvalue weighted by Crippen LogP contribution is -1.93. The molecule has 0 radical (unpaired) electrons. The Morgan fingerprint density at radius 1 is 0.536 bits per heavy atom. The van der Waals surface area contributed by atoms with Crippen molar-refractivity contribution >= 4 is 48.5 Å². The van der Waals surface area contributed by atoms with E-state index in [0.717, 1.165) is 4.47 Å². The lowest BCUT2D eigenvalue weighted by Gasteiger charge is -2.09. The number of benzene rings is 5. The molecule has 0 bridgehead atoms. The minimum atomic E-state index is 1.10. The first-order chi connectivity index (χ1) is 13.8. The van der Waals surface area contributed by atoms with Crippen molar-refractivity contribution in [3.05, 3.63) is 102 Å². The highest BCUT2D eigenvalue weighted by atomic mass is 79.9. The highest BCUT2D eigenvalue weighted by molar-refractivity contribution is 9.10. The van der Waals surface area contributed by atoms with Gasteiger partial charge in [-0.1, -0.05) is 76.6 Å². The lowest BCUT2D eigenvalue weighted by atomic mass is 9.97. The van der Waals surface area contributed by atoms with Crippen LogP contribution in [0.3, 0.4) is 0 Å². The molecule has 1 aromatic heterocycles. The molecule has 0 atom stereocenters. The topological polar surface area (TPSA) is 4.93 Å². The average Bonchev–Trinajstić information content (AvgIpc) is 3.07. The van der Waals surface area contributed by atoms with E-state index in [1.807, 2.05) is 0 Å². The van der Waals surface area contributed by atoms with Crippen molar-refractivity contribution in [2.45, 2.75) is 0 Å². The molecule has 0 spiro atoms. The molecule has 0 saturated heterocycles. The Labute approximate surface area is 171 Å². The largest absolute Gasteiger partial charge is 0.309 e. The second kappa shape index (κ2) is 5.95. The average molecular weight is 422 g/mol. The molecule has 1 heterocycles. The third-order valence-electron chi connectivity index (χ3n) is 5.56. The van der Waals surface area contributed by atoms with Gasteiger partial charge in [-0.05, 0) is 58.3 Å². The van der Waals surface area contributed by atoms with Gasteiger partial charge in [-0.25, -0.2) is 0 Å². The number of aromatic nitrogens is 1. The van der Waals surface area contributed by atoms with Gasteiger partial charge in [0.2, 0.25) is 0 Å². The maximum atomic E-state index is 3.71. The number of hydrogen-bond donors (Lipinski definition) is 0. The van der Waals surface area contributed by atoms with Crippen LogP contribution in [0, 0.1) is 0 Å². The molecule has 2 heteroatoms. The Balaban J connectivity index is 1.84. The summed E-state index contributed by atoms with van der Waals surface area (Å²) in [6.07, 6.45) is 0. The molecular weight excluding hydrogens is 406 g/mol. The van der Waals surface area contributed by atoms with Crippen molar-refractivity contribution in [1.29, 1.82) is 0 Å². The van der Waals surface area contributed by atoms with Crippen LogP contribution in [-0.4, -0.2) is 4.57 Å². The van der Waals surface area contributed by atoms with Crippen LogP contribution < -0.4 is 0 Å². The van der Waals surface area contributed by atoms with Crippen LogP contribution in [-0.2, 0) is 0 Å². The minimum absolute atomic E-state index is 1.10. The summed E-state index contributed by atoms with van der Waals surface area (Å²) in [5.74, 6) is 0. The molecule has 6 aromatic rings. The van der Waals surface area contributed by atoms with Crippen LogP contribution in [0.1, 0.15) is 0 Å². The fourth-order valence-electron chi connectivity index (χ4n) is 4.38. The van der Waals surface area contributed by atoms with Crippen molar-refractivity contribution in [3.63, 3.8) is 0 Å². The number of para-hydroxylation sites is 1. The Morgan fingerprint density at radius 2 is 1.14 bits per heavy atom. The first kappa shape index (κ1) is 15.9. The molecule has 0 aliphatic rings. The second-order valence-corrected chi connectivity index (χ2v) is 8.13.